The zero-order chi connectivity index (χ0) is 12.4. The second-order valence-corrected chi connectivity index (χ2v) is 4.86. The van der Waals surface area contributed by atoms with Gasteiger partial charge in [0.1, 0.15) is 0 Å². The Morgan fingerprint density at radius 3 is 2.50 bits per heavy atom. The molecule has 1 fully saturated rings. The van der Waals surface area contributed by atoms with Crippen molar-refractivity contribution in [1.29, 1.82) is 0 Å². The third-order valence-corrected chi connectivity index (χ3v) is 3.49. The standard InChI is InChI=1S/C14H17N3O/c15-13-14(18-9-10-5-1-2-6-10)17-12-8-4-3-7-11(12)16-13/h3-4,7-8,10H,1-2,5-6,9H2,(H2,15,16). The van der Waals surface area contributed by atoms with Crippen LogP contribution in [0, 0.1) is 5.92 Å². The van der Waals surface area contributed by atoms with Crippen LogP contribution < -0.4 is 10.5 Å². The Kier molecular flexibility index (Phi) is 3.00. The fraction of sp³-hybridized carbons (Fsp3) is 0.429. The van der Waals surface area contributed by atoms with Gasteiger partial charge in [-0.3, -0.25) is 0 Å². The molecule has 94 valence electrons. The van der Waals surface area contributed by atoms with E-state index in [2.05, 4.69) is 9.97 Å². The summed E-state index contributed by atoms with van der Waals surface area (Å²) >= 11 is 0. The number of aromatic nitrogens is 2. The first-order chi connectivity index (χ1) is 8.83. The number of fused-ring (bicyclic) bond motifs is 1. The minimum atomic E-state index is 0.381. The van der Waals surface area contributed by atoms with Gasteiger partial charge in [0.05, 0.1) is 17.6 Å². The molecule has 1 saturated carbocycles. The van der Waals surface area contributed by atoms with E-state index in [1.54, 1.807) is 0 Å². The highest BCUT2D eigenvalue weighted by molar-refractivity contribution is 5.76. The number of nitrogens with zero attached hydrogens (tertiary/aromatic N) is 2. The molecule has 3 rings (SSSR count). The van der Waals surface area contributed by atoms with Crippen molar-refractivity contribution >= 4 is 16.9 Å². The number of anilines is 1. The van der Waals surface area contributed by atoms with E-state index in [4.69, 9.17) is 10.5 Å². The van der Waals surface area contributed by atoms with Gasteiger partial charge in [0, 0.05) is 0 Å². The summed E-state index contributed by atoms with van der Waals surface area (Å²) < 4.78 is 5.73. The maximum absolute atomic E-state index is 5.87. The van der Waals surface area contributed by atoms with Crippen LogP contribution in [0.1, 0.15) is 25.7 Å². The van der Waals surface area contributed by atoms with E-state index < -0.39 is 0 Å². The summed E-state index contributed by atoms with van der Waals surface area (Å²) in [5.74, 6) is 1.50. The van der Waals surface area contributed by atoms with Gasteiger partial charge in [0.2, 0.25) is 0 Å². The molecular weight excluding hydrogens is 226 g/mol. The predicted octanol–water partition coefficient (Wildman–Crippen LogP) is 2.78. The van der Waals surface area contributed by atoms with E-state index >= 15 is 0 Å². The Morgan fingerprint density at radius 1 is 1.11 bits per heavy atom. The lowest BCUT2D eigenvalue weighted by molar-refractivity contribution is 0.245. The number of hydrogen-bond acceptors (Lipinski definition) is 4. The molecule has 1 aliphatic carbocycles. The van der Waals surface area contributed by atoms with Crippen LogP contribution in [0.15, 0.2) is 24.3 Å². The van der Waals surface area contributed by atoms with Gasteiger partial charge in [0.25, 0.3) is 5.88 Å². The third kappa shape index (κ3) is 2.23. The summed E-state index contributed by atoms with van der Waals surface area (Å²) in [6, 6.07) is 7.69. The molecule has 0 spiro atoms. The number of nitrogen functional groups attached to an aromatic ring is 1. The van der Waals surface area contributed by atoms with Gasteiger partial charge in [-0.1, -0.05) is 25.0 Å². The van der Waals surface area contributed by atoms with Crippen molar-refractivity contribution in [2.75, 3.05) is 12.3 Å². The smallest absolute Gasteiger partial charge is 0.257 e. The molecule has 18 heavy (non-hydrogen) atoms. The maximum atomic E-state index is 5.87. The number of nitrogens with two attached hydrogens (primary N) is 1. The van der Waals surface area contributed by atoms with E-state index in [0.717, 1.165) is 11.0 Å². The normalized spacial score (nSPS) is 16.2. The zero-order valence-electron chi connectivity index (χ0n) is 10.3. The van der Waals surface area contributed by atoms with E-state index in [-0.39, 0.29) is 0 Å². The van der Waals surface area contributed by atoms with Crippen molar-refractivity contribution < 1.29 is 4.74 Å². The van der Waals surface area contributed by atoms with Gasteiger partial charge >= 0.3 is 0 Å². The lowest BCUT2D eigenvalue weighted by atomic mass is 10.1. The minimum Gasteiger partial charge on any atom is -0.475 e. The van der Waals surface area contributed by atoms with Crippen molar-refractivity contribution in [2.45, 2.75) is 25.7 Å². The molecule has 4 nitrogen and oxygen atoms in total. The second kappa shape index (κ2) is 4.80. The minimum absolute atomic E-state index is 0.381. The summed E-state index contributed by atoms with van der Waals surface area (Å²) in [5, 5.41) is 0. The van der Waals surface area contributed by atoms with Crippen LogP contribution in [0.5, 0.6) is 5.88 Å². The van der Waals surface area contributed by atoms with Crippen molar-refractivity contribution in [3.8, 4) is 5.88 Å². The molecule has 1 aromatic carbocycles. The molecule has 0 aliphatic heterocycles. The van der Waals surface area contributed by atoms with Crippen LogP contribution in [0.25, 0.3) is 11.0 Å². The van der Waals surface area contributed by atoms with Crippen LogP contribution in [0.2, 0.25) is 0 Å². The molecular formula is C14H17N3O. The first-order valence-corrected chi connectivity index (χ1v) is 6.48. The third-order valence-electron chi connectivity index (χ3n) is 3.49. The van der Waals surface area contributed by atoms with Gasteiger partial charge in [-0.05, 0) is 30.9 Å². The highest BCUT2D eigenvalue weighted by Crippen LogP contribution is 2.27. The molecule has 0 atom stereocenters. The molecule has 1 aromatic heterocycles. The first-order valence-electron chi connectivity index (χ1n) is 6.48. The molecule has 0 amide bonds. The molecule has 0 bridgehead atoms. The number of rotatable bonds is 3. The van der Waals surface area contributed by atoms with E-state index in [1.165, 1.54) is 25.7 Å². The van der Waals surface area contributed by atoms with Crippen molar-refractivity contribution in [3.63, 3.8) is 0 Å². The molecule has 4 heteroatoms. The number of para-hydroxylation sites is 2. The first kappa shape index (κ1) is 11.3. The van der Waals surface area contributed by atoms with Gasteiger partial charge in [-0.25, -0.2) is 9.97 Å². The second-order valence-electron chi connectivity index (χ2n) is 4.86. The summed E-state index contributed by atoms with van der Waals surface area (Å²) in [4.78, 5) is 8.74. The largest absolute Gasteiger partial charge is 0.475 e. The molecule has 1 aliphatic rings. The Labute approximate surface area is 106 Å². The van der Waals surface area contributed by atoms with Gasteiger partial charge in [0.15, 0.2) is 5.82 Å². The highest BCUT2D eigenvalue weighted by Gasteiger charge is 2.17. The summed E-state index contributed by atoms with van der Waals surface area (Å²) in [6.07, 6.45) is 5.13. The van der Waals surface area contributed by atoms with Gasteiger partial charge in [-0.2, -0.15) is 0 Å². The van der Waals surface area contributed by atoms with Crippen LogP contribution in [-0.4, -0.2) is 16.6 Å². The average Bonchev–Trinajstić information content (AvgIpc) is 2.89. The Balaban J connectivity index is 1.80. The Morgan fingerprint density at radius 2 is 1.78 bits per heavy atom. The monoisotopic (exact) mass is 243 g/mol. The lowest BCUT2D eigenvalue weighted by Gasteiger charge is -2.12. The average molecular weight is 243 g/mol. The fourth-order valence-corrected chi connectivity index (χ4v) is 2.48. The maximum Gasteiger partial charge on any atom is 0.257 e. The van der Waals surface area contributed by atoms with Crippen molar-refractivity contribution in [1.82, 2.24) is 9.97 Å². The van der Waals surface area contributed by atoms with E-state index in [1.807, 2.05) is 24.3 Å². The van der Waals surface area contributed by atoms with E-state index in [9.17, 15) is 0 Å². The fourth-order valence-electron chi connectivity index (χ4n) is 2.48. The Hall–Kier alpha value is -1.84. The van der Waals surface area contributed by atoms with E-state index in [0.29, 0.717) is 24.2 Å². The number of ether oxygens (including phenoxy) is 1. The van der Waals surface area contributed by atoms with Crippen molar-refractivity contribution in [3.05, 3.63) is 24.3 Å². The zero-order valence-corrected chi connectivity index (χ0v) is 10.3. The summed E-state index contributed by atoms with van der Waals surface area (Å²) in [5.41, 5.74) is 7.51. The number of hydrogen-bond donors (Lipinski definition) is 1. The molecule has 2 aromatic rings. The topological polar surface area (TPSA) is 61.0 Å². The predicted molar refractivity (Wildman–Crippen MR) is 71.4 cm³/mol. The van der Waals surface area contributed by atoms with Crippen LogP contribution >= 0.6 is 0 Å². The lowest BCUT2D eigenvalue weighted by Crippen LogP contribution is -2.11. The molecule has 0 radical (unpaired) electrons. The SMILES string of the molecule is Nc1nc2ccccc2nc1OCC1CCCC1. The van der Waals surface area contributed by atoms with Crippen LogP contribution in [-0.2, 0) is 0 Å². The van der Waals surface area contributed by atoms with Crippen molar-refractivity contribution in [2.24, 2.45) is 5.92 Å². The molecule has 0 unspecified atom stereocenters. The van der Waals surface area contributed by atoms with Gasteiger partial charge < -0.3 is 10.5 Å². The number of benzene rings is 1. The molecule has 0 saturated heterocycles. The Bertz CT molecular complexity index is 550. The molecule has 2 N–H and O–H groups in total. The van der Waals surface area contributed by atoms with Crippen LogP contribution in [0.3, 0.4) is 0 Å². The molecule has 1 heterocycles. The summed E-state index contributed by atoms with van der Waals surface area (Å²) in [6.45, 7) is 0.706. The summed E-state index contributed by atoms with van der Waals surface area (Å²) in [7, 11) is 0. The van der Waals surface area contributed by atoms with Crippen LogP contribution in [0.4, 0.5) is 5.82 Å². The quantitative estimate of drug-likeness (QED) is 0.900. The van der Waals surface area contributed by atoms with Gasteiger partial charge in [-0.15, -0.1) is 0 Å². The highest BCUT2D eigenvalue weighted by atomic mass is 16.5.